The summed E-state index contributed by atoms with van der Waals surface area (Å²) in [5.74, 6) is -0.165. The van der Waals surface area contributed by atoms with E-state index >= 15 is 0 Å². The van der Waals surface area contributed by atoms with Gasteiger partial charge in [-0.25, -0.2) is 0 Å². The number of carbonyl (C=O) groups is 1. The lowest BCUT2D eigenvalue weighted by Crippen LogP contribution is -2.26. The molecule has 5 nitrogen and oxygen atoms in total. The van der Waals surface area contributed by atoms with E-state index < -0.39 is 0 Å². The van der Waals surface area contributed by atoms with Gasteiger partial charge in [-0.15, -0.1) is 12.4 Å². The second-order valence-corrected chi connectivity index (χ2v) is 4.85. The number of aryl methyl sites for hydroxylation is 1. The summed E-state index contributed by atoms with van der Waals surface area (Å²) >= 11 is 6.17. The molecule has 0 saturated carbocycles. The Bertz CT molecular complexity index is 613. The van der Waals surface area contributed by atoms with Crippen LogP contribution in [0.2, 0.25) is 5.02 Å². The van der Waals surface area contributed by atoms with Gasteiger partial charge in [0.15, 0.2) is 0 Å². The first-order chi connectivity index (χ1) is 9.63. The predicted octanol–water partition coefficient (Wildman–Crippen LogP) is 2.24. The lowest BCUT2D eigenvalue weighted by atomic mass is 10.1. The van der Waals surface area contributed by atoms with Crippen LogP contribution in [0.5, 0.6) is 0 Å². The maximum absolute atomic E-state index is 12.2. The van der Waals surface area contributed by atoms with Crippen molar-refractivity contribution in [2.45, 2.75) is 6.42 Å². The van der Waals surface area contributed by atoms with E-state index in [1.807, 2.05) is 18.2 Å². The fraction of sp³-hybridized carbons (Fsp3) is 0.286. The molecule has 3 N–H and O–H groups in total. The molecule has 0 saturated heterocycles. The Kier molecular flexibility index (Phi) is 6.68. The summed E-state index contributed by atoms with van der Waals surface area (Å²) in [6.07, 6.45) is 2.43. The Labute approximate surface area is 134 Å². The van der Waals surface area contributed by atoms with Gasteiger partial charge in [0.05, 0.1) is 10.6 Å². The van der Waals surface area contributed by atoms with Crippen LogP contribution < -0.4 is 11.1 Å². The largest absolute Gasteiger partial charge is 0.352 e. The molecule has 1 aromatic carbocycles. The van der Waals surface area contributed by atoms with Crippen LogP contribution in [0, 0.1) is 0 Å². The van der Waals surface area contributed by atoms with Crippen LogP contribution in [-0.4, -0.2) is 28.8 Å². The number of hydrogen-bond acceptors (Lipinski definition) is 3. The number of hydrogen-bond donors (Lipinski definition) is 2. The number of aromatic nitrogens is 2. The Hall–Kier alpha value is -1.56. The van der Waals surface area contributed by atoms with Crippen molar-refractivity contribution in [1.29, 1.82) is 0 Å². The van der Waals surface area contributed by atoms with Crippen molar-refractivity contribution < 1.29 is 4.79 Å². The van der Waals surface area contributed by atoms with Crippen molar-refractivity contribution >= 4 is 29.9 Å². The molecule has 0 atom stereocenters. The molecule has 21 heavy (non-hydrogen) atoms. The van der Waals surface area contributed by atoms with Gasteiger partial charge in [-0.2, -0.15) is 5.10 Å². The van der Waals surface area contributed by atoms with E-state index in [2.05, 4.69) is 10.4 Å². The molecule has 2 aromatic rings. The first kappa shape index (κ1) is 17.5. The van der Waals surface area contributed by atoms with Crippen molar-refractivity contribution in [2.24, 2.45) is 12.8 Å². The third-order valence-corrected chi connectivity index (χ3v) is 3.20. The second kappa shape index (κ2) is 8.02. The minimum atomic E-state index is -0.165. The molecule has 1 amide bonds. The number of halogens is 2. The first-order valence-corrected chi connectivity index (χ1v) is 6.78. The Balaban J connectivity index is 0.00000220. The Morgan fingerprint density at radius 2 is 2.14 bits per heavy atom. The van der Waals surface area contributed by atoms with Crippen LogP contribution in [0.1, 0.15) is 16.8 Å². The topological polar surface area (TPSA) is 72.9 Å². The van der Waals surface area contributed by atoms with Gasteiger partial charge in [0.2, 0.25) is 0 Å². The molecule has 114 valence electrons. The number of amides is 1. The highest BCUT2D eigenvalue weighted by Crippen LogP contribution is 2.28. The minimum absolute atomic E-state index is 0. The lowest BCUT2D eigenvalue weighted by Gasteiger charge is -2.05. The van der Waals surface area contributed by atoms with E-state index in [9.17, 15) is 4.79 Å². The Morgan fingerprint density at radius 1 is 1.43 bits per heavy atom. The number of benzene rings is 1. The molecule has 0 spiro atoms. The molecule has 7 heteroatoms. The van der Waals surface area contributed by atoms with Gasteiger partial charge in [-0.3, -0.25) is 9.48 Å². The molecule has 0 fully saturated rings. The molecule has 1 heterocycles. The number of nitrogens with one attached hydrogen (secondary N) is 1. The standard InChI is InChI=1S/C14H17ClN4O.ClH/c1-19-9-11(14(20)17-8-4-7-16)13(18-19)10-5-2-3-6-12(10)15;/h2-3,5-6,9H,4,7-8,16H2,1H3,(H,17,20);1H. The quantitative estimate of drug-likeness (QED) is 0.827. The first-order valence-electron chi connectivity index (χ1n) is 6.40. The number of rotatable bonds is 5. The van der Waals surface area contributed by atoms with Crippen LogP contribution in [0.25, 0.3) is 11.3 Å². The van der Waals surface area contributed by atoms with Gasteiger partial charge >= 0.3 is 0 Å². The highest BCUT2D eigenvalue weighted by molar-refractivity contribution is 6.33. The zero-order valence-corrected chi connectivity index (χ0v) is 13.2. The summed E-state index contributed by atoms with van der Waals surface area (Å²) in [4.78, 5) is 12.2. The van der Waals surface area contributed by atoms with Gasteiger partial charge in [-0.05, 0) is 19.0 Å². The maximum Gasteiger partial charge on any atom is 0.255 e. The maximum atomic E-state index is 12.2. The van der Waals surface area contributed by atoms with Crippen LogP contribution in [0.4, 0.5) is 0 Å². The van der Waals surface area contributed by atoms with Crippen LogP contribution >= 0.6 is 24.0 Å². The van der Waals surface area contributed by atoms with Crippen molar-refractivity contribution in [3.8, 4) is 11.3 Å². The molecular weight excluding hydrogens is 311 g/mol. The van der Waals surface area contributed by atoms with Gasteiger partial charge < -0.3 is 11.1 Å². The molecule has 0 aliphatic heterocycles. The van der Waals surface area contributed by atoms with E-state index in [0.29, 0.717) is 29.4 Å². The minimum Gasteiger partial charge on any atom is -0.352 e. The van der Waals surface area contributed by atoms with Gasteiger partial charge in [-0.1, -0.05) is 29.8 Å². The third kappa shape index (κ3) is 4.20. The summed E-state index contributed by atoms with van der Waals surface area (Å²) in [5.41, 5.74) is 7.26. The van der Waals surface area contributed by atoms with Crippen molar-refractivity contribution in [3.63, 3.8) is 0 Å². The number of nitrogens with zero attached hydrogens (tertiary/aromatic N) is 2. The summed E-state index contributed by atoms with van der Waals surface area (Å²) < 4.78 is 1.61. The number of nitrogens with two attached hydrogens (primary N) is 1. The van der Waals surface area contributed by atoms with E-state index in [0.717, 1.165) is 12.0 Å². The van der Waals surface area contributed by atoms with Gasteiger partial charge in [0.1, 0.15) is 5.69 Å². The van der Waals surface area contributed by atoms with Gasteiger partial charge in [0, 0.05) is 25.4 Å². The third-order valence-electron chi connectivity index (χ3n) is 2.87. The van der Waals surface area contributed by atoms with E-state index in [1.54, 1.807) is 24.0 Å². The lowest BCUT2D eigenvalue weighted by molar-refractivity contribution is 0.0954. The highest BCUT2D eigenvalue weighted by Gasteiger charge is 2.18. The fourth-order valence-electron chi connectivity index (χ4n) is 1.91. The summed E-state index contributed by atoms with van der Waals surface area (Å²) in [5, 5.41) is 7.74. The summed E-state index contributed by atoms with van der Waals surface area (Å²) in [7, 11) is 1.77. The van der Waals surface area contributed by atoms with Crippen molar-refractivity contribution in [2.75, 3.05) is 13.1 Å². The average molecular weight is 329 g/mol. The zero-order chi connectivity index (χ0) is 14.5. The molecule has 1 aromatic heterocycles. The molecule has 0 aliphatic rings. The smallest absolute Gasteiger partial charge is 0.255 e. The average Bonchev–Trinajstić information content (AvgIpc) is 2.81. The van der Waals surface area contributed by atoms with Crippen molar-refractivity contribution in [1.82, 2.24) is 15.1 Å². The summed E-state index contributed by atoms with van der Waals surface area (Å²) in [6.45, 7) is 1.09. The molecule has 0 radical (unpaired) electrons. The van der Waals surface area contributed by atoms with Crippen LogP contribution in [0.15, 0.2) is 30.5 Å². The Morgan fingerprint density at radius 3 is 2.81 bits per heavy atom. The van der Waals surface area contributed by atoms with E-state index in [-0.39, 0.29) is 18.3 Å². The van der Waals surface area contributed by atoms with Crippen LogP contribution in [0.3, 0.4) is 0 Å². The monoisotopic (exact) mass is 328 g/mol. The highest BCUT2D eigenvalue weighted by atomic mass is 35.5. The number of carbonyl (C=O) groups excluding carboxylic acids is 1. The van der Waals surface area contributed by atoms with Gasteiger partial charge in [0.25, 0.3) is 5.91 Å². The second-order valence-electron chi connectivity index (χ2n) is 4.44. The summed E-state index contributed by atoms with van der Waals surface area (Å²) in [6, 6.07) is 7.34. The molecular formula is C14H18Cl2N4O. The predicted molar refractivity (Wildman–Crippen MR) is 86.9 cm³/mol. The van der Waals surface area contributed by atoms with Crippen molar-refractivity contribution in [3.05, 3.63) is 41.0 Å². The van der Waals surface area contributed by atoms with Crippen LogP contribution in [-0.2, 0) is 7.05 Å². The zero-order valence-electron chi connectivity index (χ0n) is 11.7. The molecule has 0 aliphatic carbocycles. The normalized spacial score (nSPS) is 10.0. The molecule has 2 rings (SSSR count). The fourth-order valence-corrected chi connectivity index (χ4v) is 2.13. The molecule has 0 bridgehead atoms. The SMILES string of the molecule is Cl.Cn1cc(C(=O)NCCCN)c(-c2ccccc2Cl)n1. The molecule has 0 unspecified atom stereocenters. The van der Waals surface area contributed by atoms with E-state index in [4.69, 9.17) is 17.3 Å². The van der Waals surface area contributed by atoms with E-state index in [1.165, 1.54) is 0 Å².